The Morgan fingerprint density at radius 3 is 2.78 bits per heavy atom. The normalized spacial score (nSPS) is 10.1. The number of carboxylic acids is 1. The fourth-order valence-electron chi connectivity index (χ4n) is 1.77. The van der Waals surface area contributed by atoms with Gasteiger partial charge < -0.3 is 9.84 Å². The summed E-state index contributed by atoms with van der Waals surface area (Å²) in [6, 6.07) is 8.54. The molecule has 0 fully saturated rings. The van der Waals surface area contributed by atoms with Gasteiger partial charge in [0.15, 0.2) is 0 Å². The number of aryl methyl sites for hydroxylation is 1. The summed E-state index contributed by atoms with van der Waals surface area (Å²) in [5.41, 5.74) is 2.62. The smallest absolute Gasteiger partial charge is 0.335 e. The maximum Gasteiger partial charge on any atom is 0.335 e. The molecule has 92 valence electrons. The van der Waals surface area contributed by atoms with E-state index in [0.717, 1.165) is 11.1 Å². The van der Waals surface area contributed by atoms with E-state index in [1.165, 1.54) is 0 Å². The van der Waals surface area contributed by atoms with Crippen LogP contribution in [0.2, 0.25) is 0 Å². The van der Waals surface area contributed by atoms with Crippen molar-refractivity contribution in [2.45, 2.75) is 6.92 Å². The highest BCUT2D eigenvalue weighted by atomic mass is 16.5. The van der Waals surface area contributed by atoms with Gasteiger partial charge in [0.2, 0.25) is 0 Å². The van der Waals surface area contributed by atoms with E-state index in [1.807, 2.05) is 6.92 Å². The molecule has 0 unspecified atom stereocenters. The second kappa shape index (κ2) is 4.87. The third-order valence-electron chi connectivity index (χ3n) is 2.73. The highest BCUT2D eigenvalue weighted by molar-refractivity contribution is 5.90. The minimum absolute atomic E-state index is 0.239. The Bertz CT molecular complexity index is 593. The molecule has 1 heterocycles. The van der Waals surface area contributed by atoms with Crippen LogP contribution < -0.4 is 4.74 Å². The fourth-order valence-corrected chi connectivity index (χ4v) is 1.77. The van der Waals surface area contributed by atoms with E-state index in [1.54, 1.807) is 43.6 Å². The summed E-state index contributed by atoms with van der Waals surface area (Å²) >= 11 is 0. The molecule has 4 heteroatoms. The first-order valence-electron chi connectivity index (χ1n) is 5.47. The zero-order valence-electron chi connectivity index (χ0n) is 10.2. The number of hydrogen-bond acceptors (Lipinski definition) is 3. The second-order valence-electron chi connectivity index (χ2n) is 3.89. The minimum atomic E-state index is -0.953. The van der Waals surface area contributed by atoms with Crippen LogP contribution in [0.15, 0.2) is 36.5 Å². The first kappa shape index (κ1) is 12.1. The van der Waals surface area contributed by atoms with E-state index in [9.17, 15) is 4.79 Å². The van der Waals surface area contributed by atoms with Crippen molar-refractivity contribution in [1.82, 2.24) is 4.98 Å². The molecule has 0 aliphatic carbocycles. The molecule has 1 aromatic carbocycles. The van der Waals surface area contributed by atoms with Gasteiger partial charge in [0, 0.05) is 11.8 Å². The largest absolute Gasteiger partial charge is 0.494 e. The van der Waals surface area contributed by atoms with Gasteiger partial charge in [-0.1, -0.05) is 6.07 Å². The van der Waals surface area contributed by atoms with Crippen molar-refractivity contribution in [2.75, 3.05) is 7.11 Å². The van der Waals surface area contributed by atoms with Crippen molar-refractivity contribution in [3.8, 4) is 17.0 Å². The Labute approximate surface area is 105 Å². The van der Waals surface area contributed by atoms with Gasteiger partial charge in [0.25, 0.3) is 0 Å². The molecular weight excluding hydrogens is 230 g/mol. The SMILES string of the molecule is COc1cccnc1-c1cc(C(=O)O)ccc1C. The van der Waals surface area contributed by atoms with E-state index in [4.69, 9.17) is 9.84 Å². The average Bonchev–Trinajstić information content (AvgIpc) is 2.39. The molecule has 18 heavy (non-hydrogen) atoms. The molecule has 2 rings (SSSR count). The van der Waals surface area contributed by atoms with Gasteiger partial charge in [-0.2, -0.15) is 0 Å². The predicted octanol–water partition coefficient (Wildman–Crippen LogP) is 2.76. The van der Waals surface area contributed by atoms with Gasteiger partial charge in [0.05, 0.1) is 12.7 Å². The number of nitrogens with zero attached hydrogens (tertiary/aromatic N) is 1. The van der Waals surface area contributed by atoms with Gasteiger partial charge in [-0.25, -0.2) is 4.79 Å². The Morgan fingerprint density at radius 1 is 1.33 bits per heavy atom. The van der Waals surface area contributed by atoms with Crippen molar-refractivity contribution < 1.29 is 14.6 Å². The lowest BCUT2D eigenvalue weighted by molar-refractivity contribution is 0.0697. The van der Waals surface area contributed by atoms with Crippen LogP contribution in [-0.2, 0) is 0 Å². The maximum atomic E-state index is 11.0. The van der Waals surface area contributed by atoms with Gasteiger partial charge >= 0.3 is 5.97 Å². The first-order chi connectivity index (χ1) is 8.63. The maximum absolute atomic E-state index is 11.0. The number of methoxy groups -OCH3 is 1. The summed E-state index contributed by atoms with van der Waals surface area (Å²) in [6.07, 6.45) is 1.66. The summed E-state index contributed by atoms with van der Waals surface area (Å²) in [7, 11) is 1.57. The molecule has 0 atom stereocenters. The van der Waals surface area contributed by atoms with Crippen LogP contribution in [0.5, 0.6) is 5.75 Å². The summed E-state index contributed by atoms with van der Waals surface area (Å²) < 4.78 is 5.25. The predicted molar refractivity (Wildman–Crippen MR) is 67.9 cm³/mol. The molecule has 1 aromatic heterocycles. The van der Waals surface area contributed by atoms with Gasteiger partial charge in [-0.15, -0.1) is 0 Å². The molecule has 0 spiro atoms. The van der Waals surface area contributed by atoms with E-state index < -0.39 is 5.97 Å². The monoisotopic (exact) mass is 243 g/mol. The summed E-state index contributed by atoms with van der Waals surface area (Å²) in [5.74, 6) is -0.325. The number of rotatable bonds is 3. The second-order valence-corrected chi connectivity index (χ2v) is 3.89. The first-order valence-corrected chi connectivity index (χ1v) is 5.47. The Morgan fingerprint density at radius 2 is 2.11 bits per heavy atom. The van der Waals surface area contributed by atoms with E-state index in [2.05, 4.69) is 4.98 Å². The number of carbonyl (C=O) groups is 1. The molecule has 1 N–H and O–H groups in total. The van der Waals surface area contributed by atoms with Crippen LogP contribution >= 0.6 is 0 Å². The number of pyridine rings is 1. The number of aromatic nitrogens is 1. The van der Waals surface area contributed by atoms with Crippen LogP contribution in [0.3, 0.4) is 0 Å². The van der Waals surface area contributed by atoms with Gasteiger partial charge in [-0.3, -0.25) is 4.98 Å². The fraction of sp³-hybridized carbons (Fsp3) is 0.143. The molecule has 0 saturated heterocycles. The van der Waals surface area contributed by atoms with Crippen molar-refractivity contribution in [2.24, 2.45) is 0 Å². The summed E-state index contributed by atoms with van der Waals surface area (Å²) in [6.45, 7) is 1.91. The van der Waals surface area contributed by atoms with Crippen molar-refractivity contribution in [3.05, 3.63) is 47.7 Å². The number of aromatic carboxylic acids is 1. The molecular formula is C14H13NO3. The van der Waals surface area contributed by atoms with Crippen molar-refractivity contribution >= 4 is 5.97 Å². The molecule has 4 nitrogen and oxygen atoms in total. The highest BCUT2D eigenvalue weighted by Gasteiger charge is 2.12. The lowest BCUT2D eigenvalue weighted by Gasteiger charge is -2.10. The van der Waals surface area contributed by atoms with Crippen LogP contribution in [0.25, 0.3) is 11.3 Å². The molecule has 0 saturated carbocycles. The van der Waals surface area contributed by atoms with Crippen molar-refractivity contribution in [1.29, 1.82) is 0 Å². The molecule has 0 aliphatic rings. The Balaban J connectivity index is 2.62. The lowest BCUT2D eigenvalue weighted by atomic mass is 10.0. The molecule has 2 aromatic rings. The highest BCUT2D eigenvalue weighted by Crippen LogP contribution is 2.30. The van der Waals surface area contributed by atoms with Gasteiger partial charge in [-0.05, 0) is 36.8 Å². The molecule has 0 bridgehead atoms. The molecule has 0 amide bonds. The third-order valence-corrected chi connectivity index (χ3v) is 2.73. The standard InChI is InChI=1S/C14H13NO3/c1-9-5-6-10(14(16)17)8-11(9)13-12(18-2)4-3-7-15-13/h3-8H,1-2H3,(H,16,17). The van der Waals surface area contributed by atoms with Gasteiger partial charge in [0.1, 0.15) is 11.4 Å². The Kier molecular flexibility index (Phi) is 3.28. The van der Waals surface area contributed by atoms with Crippen molar-refractivity contribution in [3.63, 3.8) is 0 Å². The molecule has 0 aliphatic heterocycles. The average molecular weight is 243 g/mol. The summed E-state index contributed by atoms with van der Waals surface area (Å²) in [5, 5.41) is 9.02. The summed E-state index contributed by atoms with van der Waals surface area (Å²) in [4.78, 5) is 15.3. The number of ether oxygens (including phenoxy) is 1. The van der Waals surface area contributed by atoms with E-state index >= 15 is 0 Å². The van der Waals surface area contributed by atoms with E-state index in [-0.39, 0.29) is 5.56 Å². The van der Waals surface area contributed by atoms with Crippen LogP contribution in [0, 0.1) is 6.92 Å². The number of carboxylic acid groups (broad SMARTS) is 1. The minimum Gasteiger partial charge on any atom is -0.494 e. The zero-order valence-corrected chi connectivity index (χ0v) is 10.2. The number of hydrogen-bond donors (Lipinski definition) is 1. The quantitative estimate of drug-likeness (QED) is 0.900. The molecule has 0 radical (unpaired) electrons. The third kappa shape index (κ3) is 2.18. The van der Waals surface area contributed by atoms with Crippen LogP contribution in [-0.4, -0.2) is 23.2 Å². The van der Waals surface area contributed by atoms with Crippen LogP contribution in [0.4, 0.5) is 0 Å². The Hall–Kier alpha value is -2.36. The van der Waals surface area contributed by atoms with Crippen LogP contribution in [0.1, 0.15) is 15.9 Å². The lowest BCUT2D eigenvalue weighted by Crippen LogP contribution is -1.99. The topological polar surface area (TPSA) is 59.4 Å². The number of benzene rings is 1. The van der Waals surface area contributed by atoms with E-state index in [0.29, 0.717) is 11.4 Å². The zero-order chi connectivity index (χ0) is 13.1.